The van der Waals surface area contributed by atoms with Gasteiger partial charge in [0.05, 0.1) is 13.7 Å². The van der Waals surface area contributed by atoms with Gasteiger partial charge in [0.15, 0.2) is 0 Å². The maximum Gasteiger partial charge on any atom is 0.354 e. The topological polar surface area (TPSA) is 74.4 Å². The molecule has 0 aliphatic carbocycles. The summed E-state index contributed by atoms with van der Waals surface area (Å²) in [5.41, 5.74) is 1.41. The lowest BCUT2D eigenvalue weighted by Crippen LogP contribution is -2.30. The van der Waals surface area contributed by atoms with Crippen LogP contribution in [-0.4, -0.2) is 35.8 Å². The first-order chi connectivity index (χ1) is 7.71. The summed E-state index contributed by atoms with van der Waals surface area (Å²) in [6, 6.07) is 1.83. The summed E-state index contributed by atoms with van der Waals surface area (Å²) >= 11 is 0. The average molecular weight is 226 g/mol. The zero-order valence-corrected chi connectivity index (χ0v) is 9.62. The Morgan fingerprint density at radius 1 is 1.69 bits per heavy atom. The fourth-order valence-corrected chi connectivity index (χ4v) is 1.37. The van der Waals surface area contributed by atoms with E-state index in [-0.39, 0.29) is 18.6 Å². The number of methoxy groups -OCH3 is 1. The Labute approximate surface area is 94.8 Å². The molecule has 1 aromatic heterocycles. The van der Waals surface area contributed by atoms with Gasteiger partial charge in [-0.1, -0.05) is 6.92 Å². The first-order valence-electron chi connectivity index (χ1n) is 5.31. The van der Waals surface area contributed by atoms with Crippen molar-refractivity contribution in [2.45, 2.75) is 25.9 Å². The molecule has 1 rings (SSSR count). The highest BCUT2D eigenvalue weighted by molar-refractivity contribution is 5.87. The molecule has 3 N–H and O–H groups in total. The van der Waals surface area contributed by atoms with E-state index in [1.165, 1.54) is 7.11 Å². The first kappa shape index (κ1) is 12.7. The minimum absolute atomic E-state index is 0.0940. The van der Waals surface area contributed by atoms with Crippen molar-refractivity contribution in [3.8, 4) is 0 Å². The molecule has 0 aliphatic heterocycles. The van der Waals surface area contributed by atoms with Crippen molar-refractivity contribution in [2.75, 3.05) is 13.7 Å². The van der Waals surface area contributed by atoms with E-state index < -0.39 is 0 Å². The van der Waals surface area contributed by atoms with E-state index in [0.29, 0.717) is 12.2 Å². The average Bonchev–Trinajstić information content (AvgIpc) is 2.78. The highest BCUT2D eigenvalue weighted by Crippen LogP contribution is 2.05. The van der Waals surface area contributed by atoms with Gasteiger partial charge in [0.2, 0.25) is 0 Å². The minimum atomic E-state index is -0.375. The number of aromatic amines is 1. The van der Waals surface area contributed by atoms with Gasteiger partial charge in [-0.25, -0.2) is 4.79 Å². The van der Waals surface area contributed by atoms with Gasteiger partial charge < -0.3 is 20.1 Å². The molecule has 0 spiro atoms. The molecule has 0 amide bonds. The molecule has 0 saturated carbocycles. The second-order valence-electron chi connectivity index (χ2n) is 3.58. The summed E-state index contributed by atoms with van der Waals surface area (Å²) in [6.45, 7) is 2.74. The van der Waals surface area contributed by atoms with Gasteiger partial charge in [0, 0.05) is 18.8 Å². The van der Waals surface area contributed by atoms with E-state index in [1.807, 2.05) is 6.92 Å². The number of H-pyrrole nitrogens is 1. The molecule has 5 nitrogen and oxygen atoms in total. The summed E-state index contributed by atoms with van der Waals surface area (Å²) < 4.78 is 4.59. The maximum absolute atomic E-state index is 11.2. The summed E-state index contributed by atoms with van der Waals surface area (Å²) in [5, 5.41) is 12.2. The Hall–Kier alpha value is -1.33. The Kier molecular flexibility index (Phi) is 5.01. The van der Waals surface area contributed by atoms with Crippen molar-refractivity contribution < 1.29 is 14.6 Å². The smallest absolute Gasteiger partial charge is 0.354 e. The molecule has 5 heteroatoms. The zero-order chi connectivity index (χ0) is 12.0. The Balaban J connectivity index is 2.49. The monoisotopic (exact) mass is 226 g/mol. The van der Waals surface area contributed by atoms with Crippen molar-refractivity contribution in [3.05, 3.63) is 23.5 Å². The van der Waals surface area contributed by atoms with Crippen LogP contribution in [0, 0.1) is 0 Å². The molecule has 0 radical (unpaired) electrons. The van der Waals surface area contributed by atoms with E-state index in [9.17, 15) is 4.79 Å². The summed E-state index contributed by atoms with van der Waals surface area (Å²) in [7, 11) is 1.35. The van der Waals surface area contributed by atoms with Gasteiger partial charge in [-0.3, -0.25) is 0 Å². The minimum Gasteiger partial charge on any atom is -0.464 e. The largest absolute Gasteiger partial charge is 0.464 e. The number of carbonyl (C=O) groups is 1. The van der Waals surface area contributed by atoms with Crippen molar-refractivity contribution in [2.24, 2.45) is 0 Å². The molecule has 0 bridgehead atoms. The third-order valence-electron chi connectivity index (χ3n) is 2.46. The van der Waals surface area contributed by atoms with E-state index in [2.05, 4.69) is 15.0 Å². The number of ether oxygens (including phenoxy) is 1. The van der Waals surface area contributed by atoms with E-state index in [1.54, 1.807) is 12.3 Å². The second kappa shape index (κ2) is 6.30. The number of nitrogens with one attached hydrogen (secondary N) is 2. The molecule has 16 heavy (non-hydrogen) atoms. The standard InChI is InChI=1S/C11H18N2O3/c1-3-9(7-14)12-5-8-4-10(13-6-8)11(15)16-2/h4,6,9,12-14H,3,5,7H2,1-2H3/t9-/m1/s1. The molecular formula is C11H18N2O3. The van der Waals surface area contributed by atoms with Gasteiger partial charge in [-0.05, 0) is 18.1 Å². The van der Waals surface area contributed by atoms with Crippen LogP contribution in [0.1, 0.15) is 29.4 Å². The van der Waals surface area contributed by atoms with Crippen molar-refractivity contribution >= 4 is 5.97 Å². The molecule has 1 aromatic rings. The van der Waals surface area contributed by atoms with Gasteiger partial charge in [0.1, 0.15) is 5.69 Å². The van der Waals surface area contributed by atoms with Crippen LogP contribution in [0.2, 0.25) is 0 Å². The lowest BCUT2D eigenvalue weighted by molar-refractivity contribution is 0.0595. The Morgan fingerprint density at radius 2 is 2.44 bits per heavy atom. The predicted octanol–water partition coefficient (Wildman–Crippen LogP) is 0.662. The van der Waals surface area contributed by atoms with Crippen LogP contribution in [0.15, 0.2) is 12.3 Å². The van der Waals surface area contributed by atoms with Crippen LogP contribution >= 0.6 is 0 Å². The molecule has 90 valence electrons. The van der Waals surface area contributed by atoms with Crippen LogP contribution in [0.5, 0.6) is 0 Å². The number of aliphatic hydroxyl groups is 1. The van der Waals surface area contributed by atoms with Crippen LogP contribution in [-0.2, 0) is 11.3 Å². The molecule has 1 heterocycles. The van der Waals surface area contributed by atoms with E-state index in [0.717, 1.165) is 12.0 Å². The summed E-state index contributed by atoms with van der Waals surface area (Å²) in [4.78, 5) is 14.0. The highest BCUT2D eigenvalue weighted by atomic mass is 16.5. The quantitative estimate of drug-likeness (QED) is 0.623. The Morgan fingerprint density at radius 3 is 3.00 bits per heavy atom. The molecule has 0 unspecified atom stereocenters. The normalized spacial score (nSPS) is 12.4. The number of aromatic nitrogens is 1. The zero-order valence-electron chi connectivity index (χ0n) is 9.62. The fourth-order valence-electron chi connectivity index (χ4n) is 1.37. The number of aliphatic hydroxyl groups excluding tert-OH is 1. The van der Waals surface area contributed by atoms with Crippen molar-refractivity contribution in [1.29, 1.82) is 0 Å². The second-order valence-corrected chi connectivity index (χ2v) is 3.58. The molecule has 0 aliphatic rings. The third kappa shape index (κ3) is 3.36. The van der Waals surface area contributed by atoms with Gasteiger partial charge in [-0.2, -0.15) is 0 Å². The van der Waals surface area contributed by atoms with Crippen LogP contribution in [0.25, 0.3) is 0 Å². The van der Waals surface area contributed by atoms with Crippen LogP contribution in [0.4, 0.5) is 0 Å². The summed E-state index contributed by atoms with van der Waals surface area (Å²) in [6.07, 6.45) is 2.62. The maximum atomic E-state index is 11.2. The number of hydrogen-bond acceptors (Lipinski definition) is 4. The van der Waals surface area contributed by atoms with Gasteiger partial charge >= 0.3 is 5.97 Å². The Bertz CT molecular complexity index is 332. The highest BCUT2D eigenvalue weighted by Gasteiger charge is 2.09. The predicted molar refractivity (Wildman–Crippen MR) is 60.1 cm³/mol. The molecule has 1 atom stereocenters. The number of esters is 1. The lowest BCUT2D eigenvalue weighted by atomic mass is 10.2. The van der Waals surface area contributed by atoms with Gasteiger partial charge in [-0.15, -0.1) is 0 Å². The third-order valence-corrected chi connectivity index (χ3v) is 2.46. The molecule has 0 saturated heterocycles. The first-order valence-corrected chi connectivity index (χ1v) is 5.31. The van der Waals surface area contributed by atoms with Gasteiger partial charge in [0.25, 0.3) is 0 Å². The number of carbonyl (C=O) groups excluding carboxylic acids is 1. The molecule has 0 aromatic carbocycles. The SMILES string of the molecule is CC[C@H](CO)NCc1c[nH]c(C(=O)OC)c1. The molecular weight excluding hydrogens is 208 g/mol. The van der Waals surface area contributed by atoms with Crippen LogP contribution < -0.4 is 5.32 Å². The summed E-state index contributed by atoms with van der Waals surface area (Å²) in [5.74, 6) is -0.375. The van der Waals surface area contributed by atoms with Crippen LogP contribution in [0.3, 0.4) is 0 Å². The fraction of sp³-hybridized carbons (Fsp3) is 0.545. The van der Waals surface area contributed by atoms with E-state index in [4.69, 9.17) is 5.11 Å². The lowest BCUT2D eigenvalue weighted by Gasteiger charge is -2.12. The van der Waals surface area contributed by atoms with Crippen molar-refractivity contribution in [3.63, 3.8) is 0 Å². The number of rotatable bonds is 6. The van der Waals surface area contributed by atoms with Crippen molar-refractivity contribution in [1.82, 2.24) is 10.3 Å². The molecule has 0 fully saturated rings. The number of hydrogen-bond donors (Lipinski definition) is 3. The van der Waals surface area contributed by atoms with E-state index >= 15 is 0 Å².